The fraction of sp³-hybridized carbons (Fsp3) is 0.350. The van der Waals surface area contributed by atoms with Gasteiger partial charge < -0.3 is 5.32 Å². The van der Waals surface area contributed by atoms with E-state index in [0.717, 1.165) is 23.7 Å². The predicted octanol–water partition coefficient (Wildman–Crippen LogP) is 5.54. The summed E-state index contributed by atoms with van der Waals surface area (Å²) < 4.78 is 41.1. The maximum Gasteiger partial charge on any atom is 0.418 e. The number of carbonyl (C=O) groups is 1. The highest BCUT2D eigenvalue weighted by atomic mass is 35.5. The van der Waals surface area contributed by atoms with Crippen molar-refractivity contribution in [3.8, 4) is 6.07 Å². The number of aryl methyl sites for hydroxylation is 2. The van der Waals surface area contributed by atoms with Crippen molar-refractivity contribution in [3.05, 3.63) is 51.2 Å². The van der Waals surface area contributed by atoms with Crippen molar-refractivity contribution in [3.63, 3.8) is 0 Å². The highest BCUT2D eigenvalue weighted by molar-refractivity contribution is 8.00. The van der Waals surface area contributed by atoms with Gasteiger partial charge in [0, 0.05) is 16.4 Å². The standard InChI is InChI=1S/C20H17ClF3N3OS/c1-11-6-7-12(21)8-16(11)26-17(28)10-29-19-14(9-25)18(20(22,23)24)13-4-2-3-5-15(13)27-19/h6-8H,2-5,10H2,1H3,(H,26,28). The van der Waals surface area contributed by atoms with Gasteiger partial charge in [-0.25, -0.2) is 4.98 Å². The van der Waals surface area contributed by atoms with Crippen LogP contribution in [0, 0.1) is 18.3 Å². The highest BCUT2D eigenvalue weighted by Crippen LogP contribution is 2.41. The van der Waals surface area contributed by atoms with Crippen LogP contribution >= 0.6 is 23.4 Å². The van der Waals surface area contributed by atoms with E-state index >= 15 is 0 Å². The Labute approximate surface area is 175 Å². The Bertz CT molecular complexity index is 1000. The molecule has 0 radical (unpaired) electrons. The fourth-order valence-electron chi connectivity index (χ4n) is 3.29. The molecule has 0 fully saturated rings. The molecule has 1 heterocycles. The Balaban J connectivity index is 1.86. The summed E-state index contributed by atoms with van der Waals surface area (Å²) in [5.74, 6) is -0.596. The smallest absolute Gasteiger partial charge is 0.325 e. The van der Waals surface area contributed by atoms with Crippen LogP contribution in [0.5, 0.6) is 0 Å². The SMILES string of the molecule is Cc1ccc(Cl)cc1NC(=O)CSc1nc2c(c(C(F)(F)F)c1C#N)CCCC2. The minimum atomic E-state index is -4.65. The lowest BCUT2D eigenvalue weighted by Crippen LogP contribution is -2.20. The van der Waals surface area contributed by atoms with Crippen molar-refractivity contribution in [1.82, 2.24) is 4.98 Å². The molecule has 2 aromatic rings. The maximum atomic E-state index is 13.7. The summed E-state index contributed by atoms with van der Waals surface area (Å²) in [6, 6.07) is 6.69. The lowest BCUT2D eigenvalue weighted by molar-refractivity contribution is -0.138. The van der Waals surface area contributed by atoms with Crippen LogP contribution in [0.15, 0.2) is 23.2 Å². The molecule has 0 aliphatic heterocycles. The molecule has 3 rings (SSSR count). The molecule has 0 bridgehead atoms. The molecule has 1 amide bonds. The molecule has 9 heteroatoms. The third-order valence-electron chi connectivity index (χ3n) is 4.65. The van der Waals surface area contributed by atoms with E-state index in [2.05, 4.69) is 10.3 Å². The van der Waals surface area contributed by atoms with E-state index in [-0.39, 0.29) is 22.8 Å². The summed E-state index contributed by atoms with van der Waals surface area (Å²) in [5.41, 5.74) is 0.405. The number of carbonyl (C=O) groups excluding carboxylic acids is 1. The first-order valence-corrected chi connectivity index (χ1v) is 10.3. The van der Waals surface area contributed by atoms with E-state index in [9.17, 15) is 23.2 Å². The van der Waals surface area contributed by atoms with Crippen LogP contribution in [0.25, 0.3) is 0 Å². The zero-order valence-electron chi connectivity index (χ0n) is 15.5. The average Bonchev–Trinajstić information content (AvgIpc) is 2.67. The first kappa shape index (κ1) is 21.5. The van der Waals surface area contributed by atoms with Gasteiger partial charge in [-0.3, -0.25) is 4.79 Å². The lowest BCUT2D eigenvalue weighted by atomic mass is 9.90. The van der Waals surface area contributed by atoms with Crippen molar-refractivity contribution in [2.75, 3.05) is 11.1 Å². The summed E-state index contributed by atoms with van der Waals surface area (Å²) in [6.45, 7) is 1.80. The monoisotopic (exact) mass is 439 g/mol. The second-order valence-corrected chi connectivity index (χ2v) is 8.11. The number of pyridine rings is 1. The Hall–Kier alpha value is -2.24. The first-order chi connectivity index (χ1) is 13.7. The van der Waals surface area contributed by atoms with Gasteiger partial charge in [-0.1, -0.05) is 29.4 Å². The van der Waals surface area contributed by atoms with Crippen molar-refractivity contribution in [2.45, 2.75) is 43.8 Å². The molecule has 1 aliphatic carbocycles. The van der Waals surface area contributed by atoms with Crippen molar-refractivity contribution in [1.29, 1.82) is 5.26 Å². The molecule has 1 N–H and O–H groups in total. The quantitative estimate of drug-likeness (QED) is 0.635. The number of alkyl halides is 3. The predicted molar refractivity (Wildman–Crippen MR) is 106 cm³/mol. The number of anilines is 1. The third-order valence-corrected chi connectivity index (χ3v) is 5.86. The lowest BCUT2D eigenvalue weighted by Gasteiger charge is -2.22. The molecule has 29 heavy (non-hydrogen) atoms. The molecular formula is C20H17ClF3N3OS. The Kier molecular flexibility index (Phi) is 6.39. The zero-order chi connectivity index (χ0) is 21.2. The van der Waals surface area contributed by atoms with Crippen LogP contribution in [0.1, 0.15) is 40.8 Å². The van der Waals surface area contributed by atoms with Gasteiger partial charge in [-0.2, -0.15) is 18.4 Å². The molecule has 0 saturated carbocycles. The number of nitriles is 1. The first-order valence-electron chi connectivity index (χ1n) is 8.92. The number of fused-ring (bicyclic) bond motifs is 1. The average molecular weight is 440 g/mol. The molecule has 0 unspecified atom stereocenters. The van der Waals surface area contributed by atoms with Gasteiger partial charge in [0.15, 0.2) is 0 Å². The molecule has 0 atom stereocenters. The number of aromatic nitrogens is 1. The van der Waals surface area contributed by atoms with Crippen LogP contribution in [0.2, 0.25) is 5.02 Å². The Morgan fingerprint density at radius 3 is 2.76 bits per heavy atom. The summed E-state index contributed by atoms with van der Waals surface area (Å²) in [5, 5.41) is 12.5. The van der Waals surface area contributed by atoms with Crippen molar-refractivity contribution >= 4 is 35.0 Å². The summed E-state index contributed by atoms with van der Waals surface area (Å²) in [7, 11) is 0. The molecule has 0 spiro atoms. The Morgan fingerprint density at radius 1 is 1.34 bits per heavy atom. The van der Waals surface area contributed by atoms with E-state index < -0.39 is 23.2 Å². The third kappa shape index (κ3) is 4.85. The van der Waals surface area contributed by atoms with Crippen LogP contribution in [0.4, 0.5) is 18.9 Å². The summed E-state index contributed by atoms with van der Waals surface area (Å²) in [6.07, 6.45) is -2.57. The molecule has 0 saturated heterocycles. The number of benzene rings is 1. The number of amides is 1. The molecule has 1 aliphatic rings. The van der Waals surface area contributed by atoms with Crippen LogP contribution in [0.3, 0.4) is 0 Å². The molecular weight excluding hydrogens is 423 g/mol. The van der Waals surface area contributed by atoms with Gasteiger partial charge in [-0.05, 0) is 55.9 Å². The second-order valence-electron chi connectivity index (χ2n) is 6.70. The number of rotatable bonds is 4. The normalized spacial score (nSPS) is 13.5. The fourth-order valence-corrected chi connectivity index (χ4v) is 4.27. The Morgan fingerprint density at radius 2 is 2.07 bits per heavy atom. The van der Waals surface area contributed by atoms with Crippen LogP contribution in [-0.4, -0.2) is 16.6 Å². The minimum absolute atomic E-state index is 0.0570. The van der Waals surface area contributed by atoms with Crippen LogP contribution in [-0.2, 0) is 23.8 Å². The zero-order valence-corrected chi connectivity index (χ0v) is 17.1. The molecule has 152 valence electrons. The van der Waals surface area contributed by atoms with E-state index in [1.165, 1.54) is 0 Å². The van der Waals surface area contributed by atoms with Gasteiger partial charge in [0.05, 0.1) is 16.9 Å². The van der Waals surface area contributed by atoms with Gasteiger partial charge in [-0.15, -0.1) is 0 Å². The molecule has 4 nitrogen and oxygen atoms in total. The van der Waals surface area contributed by atoms with E-state index in [4.69, 9.17) is 11.6 Å². The molecule has 1 aromatic carbocycles. The topological polar surface area (TPSA) is 65.8 Å². The van der Waals surface area contributed by atoms with Crippen LogP contribution < -0.4 is 5.32 Å². The van der Waals surface area contributed by atoms with E-state index in [1.54, 1.807) is 31.2 Å². The molecule has 1 aromatic heterocycles. The number of nitrogens with zero attached hydrogens (tertiary/aromatic N) is 2. The van der Waals surface area contributed by atoms with Crippen molar-refractivity contribution in [2.24, 2.45) is 0 Å². The van der Waals surface area contributed by atoms with E-state index in [0.29, 0.717) is 29.2 Å². The number of hydrogen-bond acceptors (Lipinski definition) is 4. The van der Waals surface area contributed by atoms with Crippen molar-refractivity contribution < 1.29 is 18.0 Å². The van der Waals surface area contributed by atoms with Gasteiger partial charge in [0.25, 0.3) is 0 Å². The van der Waals surface area contributed by atoms with Gasteiger partial charge >= 0.3 is 6.18 Å². The number of nitrogens with one attached hydrogen (secondary N) is 1. The number of thioether (sulfide) groups is 1. The van der Waals surface area contributed by atoms with Gasteiger partial charge in [0.2, 0.25) is 5.91 Å². The van der Waals surface area contributed by atoms with E-state index in [1.807, 2.05) is 0 Å². The van der Waals surface area contributed by atoms with Gasteiger partial charge in [0.1, 0.15) is 11.1 Å². The number of halogens is 4. The second kappa shape index (κ2) is 8.64. The highest BCUT2D eigenvalue weighted by Gasteiger charge is 2.40. The summed E-state index contributed by atoms with van der Waals surface area (Å²) in [4.78, 5) is 16.6. The number of hydrogen-bond donors (Lipinski definition) is 1. The summed E-state index contributed by atoms with van der Waals surface area (Å²) >= 11 is 6.76. The largest absolute Gasteiger partial charge is 0.418 e. The minimum Gasteiger partial charge on any atom is -0.325 e. The maximum absolute atomic E-state index is 13.7.